The molecule has 3 fully saturated rings. The van der Waals surface area contributed by atoms with Gasteiger partial charge in [-0.25, -0.2) is 0 Å². The SMILES string of the molecule is CC1C(=O)C=C2C(C)(C)CCCC2(C)C12CCC1(COC(=O)C1)O2. The second-order valence-electron chi connectivity index (χ2n) is 9.26. The molecule has 0 aromatic carbocycles. The molecule has 0 amide bonds. The van der Waals surface area contributed by atoms with Gasteiger partial charge in [-0.15, -0.1) is 0 Å². The molecule has 24 heavy (non-hydrogen) atoms. The topological polar surface area (TPSA) is 52.6 Å². The average Bonchev–Trinajstić information content (AvgIpc) is 3.05. The number of allylic oxidation sites excluding steroid dienone is 1. The first kappa shape index (κ1) is 16.3. The lowest BCUT2D eigenvalue weighted by molar-refractivity contribution is -0.192. The highest BCUT2D eigenvalue weighted by atomic mass is 16.6. The zero-order valence-electron chi connectivity index (χ0n) is 15.2. The predicted octanol–water partition coefficient (Wildman–Crippen LogP) is 3.58. The van der Waals surface area contributed by atoms with Crippen molar-refractivity contribution in [1.29, 1.82) is 0 Å². The minimum atomic E-state index is -0.515. The largest absolute Gasteiger partial charge is 0.463 e. The van der Waals surface area contributed by atoms with Gasteiger partial charge in [0, 0.05) is 11.3 Å². The van der Waals surface area contributed by atoms with Crippen LogP contribution in [0.1, 0.15) is 66.2 Å². The molecule has 4 unspecified atom stereocenters. The Balaban J connectivity index is 1.82. The van der Waals surface area contributed by atoms with E-state index in [9.17, 15) is 9.59 Å². The third kappa shape index (κ3) is 1.89. The van der Waals surface area contributed by atoms with E-state index >= 15 is 0 Å². The van der Waals surface area contributed by atoms with Crippen LogP contribution in [0.4, 0.5) is 0 Å². The maximum Gasteiger partial charge on any atom is 0.308 e. The summed E-state index contributed by atoms with van der Waals surface area (Å²) >= 11 is 0. The molecule has 1 saturated carbocycles. The van der Waals surface area contributed by atoms with Gasteiger partial charge in [-0.3, -0.25) is 9.59 Å². The highest BCUT2D eigenvalue weighted by Crippen LogP contribution is 2.65. The van der Waals surface area contributed by atoms with Gasteiger partial charge < -0.3 is 9.47 Å². The van der Waals surface area contributed by atoms with E-state index in [2.05, 4.69) is 20.8 Å². The summed E-state index contributed by atoms with van der Waals surface area (Å²) in [7, 11) is 0. The molecule has 0 aromatic heterocycles. The van der Waals surface area contributed by atoms with E-state index in [1.165, 1.54) is 5.57 Å². The first-order valence-electron chi connectivity index (χ1n) is 9.27. The number of carbonyl (C=O) groups excluding carboxylic acids is 2. The van der Waals surface area contributed by atoms with E-state index in [4.69, 9.17) is 9.47 Å². The first-order chi connectivity index (χ1) is 11.1. The summed E-state index contributed by atoms with van der Waals surface area (Å²) in [4.78, 5) is 24.6. The molecule has 0 aromatic rings. The molecule has 4 atom stereocenters. The van der Waals surface area contributed by atoms with Crippen LogP contribution in [0.2, 0.25) is 0 Å². The monoisotopic (exact) mass is 332 g/mol. The highest BCUT2D eigenvalue weighted by molar-refractivity contribution is 5.95. The molecule has 2 spiro atoms. The molecule has 4 aliphatic rings. The zero-order valence-corrected chi connectivity index (χ0v) is 15.2. The third-order valence-corrected chi connectivity index (χ3v) is 7.46. The molecule has 4 nitrogen and oxygen atoms in total. The number of hydrogen-bond donors (Lipinski definition) is 0. The van der Waals surface area contributed by atoms with E-state index in [0.29, 0.717) is 13.0 Å². The molecule has 2 aliphatic carbocycles. The number of fused-ring (bicyclic) bond motifs is 2. The van der Waals surface area contributed by atoms with Gasteiger partial charge in [-0.05, 0) is 37.2 Å². The van der Waals surface area contributed by atoms with Crippen molar-refractivity contribution in [1.82, 2.24) is 0 Å². The van der Waals surface area contributed by atoms with E-state index in [1.807, 2.05) is 13.0 Å². The Bertz CT molecular complexity index is 648. The maximum atomic E-state index is 12.9. The average molecular weight is 332 g/mol. The highest BCUT2D eigenvalue weighted by Gasteiger charge is 2.67. The van der Waals surface area contributed by atoms with Crippen LogP contribution in [0, 0.1) is 16.7 Å². The third-order valence-electron chi connectivity index (χ3n) is 7.46. The first-order valence-corrected chi connectivity index (χ1v) is 9.27. The van der Waals surface area contributed by atoms with Crippen molar-refractivity contribution in [3.05, 3.63) is 11.6 Å². The molecule has 0 N–H and O–H groups in total. The molecule has 0 bridgehead atoms. The van der Waals surface area contributed by atoms with Crippen LogP contribution < -0.4 is 0 Å². The Hall–Kier alpha value is -1.16. The second-order valence-corrected chi connectivity index (χ2v) is 9.26. The molecule has 2 saturated heterocycles. The number of carbonyl (C=O) groups is 2. The number of ketones is 1. The summed E-state index contributed by atoms with van der Waals surface area (Å²) in [5.41, 5.74) is 0.124. The predicted molar refractivity (Wildman–Crippen MR) is 89.4 cm³/mol. The summed E-state index contributed by atoms with van der Waals surface area (Å²) in [6.45, 7) is 9.14. The molecule has 4 heteroatoms. The summed E-state index contributed by atoms with van der Waals surface area (Å²) in [5, 5.41) is 0. The van der Waals surface area contributed by atoms with Crippen molar-refractivity contribution < 1.29 is 19.1 Å². The van der Waals surface area contributed by atoms with E-state index in [1.54, 1.807) is 0 Å². The Morgan fingerprint density at radius 2 is 1.83 bits per heavy atom. The Labute approximate surface area is 144 Å². The number of cyclic esters (lactones) is 1. The van der Waals surface area contributed by atoms with Crippen LogP contribution in [0.5, 0.6) is 0 Å². The van der Waals surface area contributed by atoms with E-state index in [-0.39, 0.29) is 28.5 Å². The zero-order chi connectivity index (χ0) is 17.4. The molecular weight excluding hydrogens is 304 g/mol. The van der Waals surface area contributed by atoms with Crippen molar-refractivity contribution in [2.75, 3.05) is 6.61 Å². The smallest absolute Gasteiger partial charge is 0.308 e. The number of hydrogen-bond acceptors (Lipinski definition) is 4. The fourth-order valence-electron chi connectivity index (χ4n) is 6.07. The molecule has 132 valence electrons. The van der Waals surface area contributed by atoms with Gasteiger partial charge in [0.1, 0.15) is 12.2 Å². The molecule has 4 rings (SSSR count). The Morgan fingerprint density at radius 3 is 2.50 bits per heavy atom. The van der Waals surface area contributed by atoms with Crippen LogP contribution in [0.15, 0.2) is 11.6 Å². The number of rotatable bonds is 0. The van der Waals surface area contributed by atoms with Gasteiger partial charge in [0.05, 0.1) is 12.0 Å². The fraction of sp³-hybridized carbons (Fsp3) is 0.800. The van der Waals surface area contributed by atoms with Gasteiger partial charge >= 0.3 is 5.97 Å². The Kier molecular flexibility index (Phi) is 3.21. The number of esters is 1. The van der Waals surface area contributed by atoms with Crippen molar-refractivity contribution in [3.8, 4) is 0 Å². The normalized spacial score (nSPS) is 47.0. The van der Waals surface area contributed by atoms with E-state index < -0.39 is 11.2 Å². The van der Waals surface area contributed by atoms with Crippen molar-refractivity contribution >= 4 is 11.8 Å². The summed E-state index contributed by atoms with van der Waals surface area (Å²) in [6.07, 6.45) is 7.19. The summed E-state index contributed by atoms with van der Waals surface area (Å²) in [5.74, 6) is -0.165. The van der Waals surface area contributed by atoms with E-state index in [0.717, 1.165) is 32.1 Å². The summed E-state index contributed by atoms with van der Waals surface area (Å²) < 4.78 is 12.0. The van der Waals surface area contributed by atoms with Crippen LogP contribution >= 0.6 is 0 Å². The van der Waals surface area contributed by atoms with Gasteiger partial charge in [-0.1, -0.05) is 39.7 Å². The summed E-state index contributed by atoms with van der Waals surface area (Å²) in [6, 6.07) is 0. The van der Waals surface area contributed by atoms with Crippen molar-refractivity contribution in [2.45, 2.75) is 77.4 Å². The molecule has 2 heterocycles. The van der Waals surface area contributed by atoms with Crippen LogP contribution in [0.3, 0.4) is 0 Å². The lowest BCUT2D eigenvalue weighted by Gasteiger charge is -2.59. The van der Waals surface area contributed by atoms with Crippen LogP contribution in [0.25, 0.3) is 0 Å². The van der Waals surface area contributed by atoms with Crippen molar-refractivity contribution in [3.63, 3.8) is 0 Å². The minimum Gasteiger partial charge on any atom is -0.463 e. The fourth-order valence-corrected chi connectivity index (χ4v) is 6.07. The van der Waals surface area contributed by atoms with Gasteiger partial charge in [0.15, 0.2) is 5.78 Å². The quantitative estimate of drug-likeness (QED) is 0.636. The van der Waals surface area contributed by atoms with Gasteiger partial charge in [0.25, 0.3) is 0 Å². The lowest BCUT2D eigenvalue weighted by Crippen LogP contribution is -2.60. The van der Waals surface area contributed by atoms with Crippen LogP contribution in [-0.2, 0) is 19.1 Å². The number of ether oxygens (including phenoxy) is 2. The minimum absolute atomic E-state index is 0.0247. The van der Waals surface area contributed by atoms with Gasteiger partial charge in [-0.2, -0.15) is 0 Å². The standard InChI is InChI=1S/C20H28O4/c1-13-14(21)10-15-17(2,3)6-5-7-18(15,4)20(13)9-8-19(24-20)11-16(22)23-12-19/h10,13H,5-9,11-12H2,1-4H3. The van der Waals surface area contributed by atoms with Crippen molar-refractivity contribution in [2.24, 2.45) is 16.7 Å². The second kappa shape index (κ2) is 4.72. The molecular formula is C20H28O4. The molecule has 2 aliphatic heterocycles. The molecule has 0 radical (unpaired) electrons. The lowest BCUT2D eigenvalue weighted by atomic mass is 9.48. The van der Waals surface area contributed by atoms with Crippen LogP contribution in [-0.4, -0.2) is 29.6 Å². The maximum absolute atomic E-state index is 12.9. The Morgan fingerprint density at radius 1 is 1.08 bits per heavy atom. The van der Waals surface area contributed by atoms with Gasteiger partial charge in [0.2, 0.25) is 0 Å².